The smallest absolute Gasteiger partial charge is 0.353 e. The van der Waals surface area contributed by atoms with Gasteiger partial charge in [-0.15, -0.1) is 0 Å². The SMILES string of the molecule is CC(=O)Oc1cccc(C(=O)NCCCCN(CC(=O)C[C@H](C(=O)N[C@@H]2C(=O)N3C(C(=O)O)=C(Cl)CC[C@H]23)c2ccccc2)C(=O)c2cccc(OC(C)=O)c2OC(C)=O)c1OC(C)=O. The Hall–Kier alpha value is -7.41. The van der Waals surface area contributed by atoms with Crippen molar-refractivity contribution in [2.24, 2.45) is 0 Å². The van der Waals surface area contributed by atoms with Crippen molar-refractivity contribution in [1.82, 2.24) is 20.4 Å². The number of β-lactam (4-membered cyclic amide) rings is 1. The number of ketones is 1. The maximum atomic E-state index is 14.4. The number of nitrogens with zero attached hydrogens (tertiary/aromatic N) is 2. The number of nitrogens with one attached hydrogen (secondary N) is 2. The van der Waals surface area contributed by atoms with Gasteiger partial charge in [0.2, 0.25) is 5.91 Å². The summed E-state index contributed by atoms with van der Waals surface area (Å²) in [7, 11) is 0. The number of fused-ring (bicyclic) bond motifs is 1. The second-order valence-electron chi connectivity index (χ2n) is 14.9. The predicted molar refractivity (Wildman–Crippen MR) is 227 cm³/mol. The topological polar surface area (TPSA) is 258 Å². The number of aliphatic carboxylic acids is 1. The van der Waals surface area contributed by atoms with Crippen LogP contribution in [0.5, 0.6) is 23.0 Å². The summed E-state index contributed by atoms with van der Waals surface area (Å²) in [6, 6.07) is 14.6. The number of carbonyl (C=O) groups excluding carboxylic acids is 9. The van der Waals surface area contributed by atoms with Crippen LogP contribution in [0, 0.1) is 0 Å². The fourth-order valence-corrected chi connectivity index (χ4v) is 7.60. The Morgan fingerprint density at radius 3 is 1.91 bits per heavy atom. The molecule has 2 aliphatic heterocycles. The van der Waals surface area contributed by atoms with E-state index in [0.29, 0.717) is 5.56 Å². The van der Waals surface area contributed by atoms with E-state index in [4.69, 9.17) is 30.5 Å². The molecule has 0 bridgehead atoms. The highest BCUT2D eigenvalue weighted by atomic mass is 35.5. The Bertz CT molecular complexity index is 2450. The number of benzene rings is 3. The standard InChI is InChI=1S/C45H45ClN4O15/c1-24(51)62-35-16-10-14-30(39(35)64-26(3)53)41(56)47-20-8-9-21-49(43(58)31-15-11-17-36(63-25(2)52)40(31)65-27(4)54)23-29(55)22-32(28-12-6-5-7-13-28)42(57)48-37-34-19-18-33(46)38(45(60)61)50(34)44(37)59/h5-7,10-17,32,34,37H,8-9,18-23H2,1-4H3,(H,47,56)(H,48,57)(H,60,61)/t32-,34+,37-/m0/s1. The quantitative estimate of drug-likeness (QED) is 0.0669. The second-order valence-corrected chi connectivity index (χ2v) is 15.4. The van der Waals surface area contributed by atoms with Crippen molar-refractivity contribution >= 4 is 70.9 Å². The van der Waals surface area contributed by atoms with Crippen molar-refractivity contribution in [1.29, 1.82) is 0 Å². The fourth-order valence-electron chi connectivity index (χ4n) is 7.32. The predicted octanol–water partition coefficient (Wildman–Crippen LogP) is 3.81. The molecule has 0 saturated carbocycles. The number of Topliss-reactive ketones (excluding diaryl/α,β-unsaturated/α-hetero) is 1. The molecule has 342 valence electrons. The number of allylic oxidation sites excluding steroid dienone is 1. The highest BCUT2D eigenvalue weighted by Crippen LogP contribution is 2.39. The maximum absolute atomic E-state index is 14.4. The summed E-state index contributed by atoms with van der Waals surface area (Å²) >= 11 is 6.13. The summed E-state index contributed by atoms with van der Waals surface area (Å²) in [6.07, 6.45) is 0.379. The maximum Gasteiger partial charge on any atom is 0.353 e. The molecular formula is C45H45ClN4O15. The van der Waals surface area contributed by atoms with Crippen molar-refractivity contribution in [3.05, 3.63) is 94.1 Å². The van der Waals surface area contributed by atoms with Crippen molar-refractivity contribution in [2.45, 2.75) is 77.8 Å². The van der Waals surface area contributed by atoms with Gasteiger partial charge in [0.15, 0.2) is 28.8 Å². The van der Waals surface area contributed by atoms with Crippen LogP contribution in [0.3, 0.4) is 0 Å². The average Bonchev–Trinajstić information content (AvgIpc) is 3.24. The van der Waals surface area contributed by atoms with Gasteiger partial charge in [-0.25, -0.2) is 4.79 Å². The van der Waals surface area contributed by atoms with Crippen molar-refractivity contribution in [3.8, 4) is 23.0 Å². The molecule has 3 aromatic carbocycles. The van der Waals surface area contributed by atoms with E-state index in [2.05, 4.69) is 10.6 Å². The number of rotatable bonds is 19. The third-order valence-electron chi connectivity index (χ3n) is 10.1. The lowest BCUT2D eigenvalue weighted by Gasteiger charge is -2.49. The number of carboxylic acids is 1. The van der Waals surface area contributed by atoms with Crippen LogP contribution in [-0.4, -0.2) is 106 Å². The Morgan fingerprint density at radius 1 is 0.769 bits per heavy atom. The second kappa shape index (κ2) is 21.8. The van der Waals surface area contributed by atoms with E-state index in [0.717, 1.165) is 37.5 Å². The minimum atomic E-state index is -1.38. The lowest BCUT2D eigenvalue weighted by Crippen LogP contribution is -2.71. The van der Waals surface area contributed by atoms with E-state index < -0.39 is 90.2 Å². The van der Waals surface area contributed by atoms with Crippen LogP contribution in [0.1, 0.15) is 92.0 Å². The van der Waals surface area contributed by atoms with Crippen molar-refractivity contribution in [2.75, 3.05) is 19.6 Å². The number of ether oxygens (including phenoxy) is 4. The third-order valence-corrected chi connectivity index (χ3v) is 10.4. The Morgan fingerprint density at radius 2 is 1.34 bits per heavy atom. The molecule has 19 nitrogen and oxygen atoms in total. The van der Waals surface area contributed by atoms with E-state index in [9.17, 15) is 53.1 Å². The zero-order valence-corrected chi connectivity index (χ0v) is 36.4. The van der Waals surface area contributed by atoms with Crippen LogP contribution in [-0.2, 0) is 38.4 Å². The number of hydrogen-bond acceptors (Lipinski definition) is 14. The van der Waals surface area contributed by atoms with Crippen LogP contribution < -0.4 is 29.6 Å². The van der Waals surface area contributed by atoms with Gasteiger partial charge in [0.1, 0.15) is 11.7 Å². The minimum absolute atomic E-state index is 0.0112. The molecule has 5 rings (SSSR count). The molecule has 2 heterocycles. The first-order valence-electron chi connectivity index (χ1n) is 20.3. The lowest BCUT2D eigenvalue weighted by molar-refractivity contribution is -0.156. The largest absolute Gasteiger partial charge is 0.477 e. The van der Waals surface area contributed by atoms with E-state index in [-0.39, 0.29) is 83.6 Å². The number of amides is 4. The van der Waals surface area contributed by atoms with Gasteiger partial charge in [-0.1, -0.05) is 54.1 Å². The number of hydrogen-bond donors (Lipinski definition) is 3. The molecule has 0 aliphatic carbocycles. The van der Waals surface area contributed by atoms with Crippen LogP contribution in [0.15, 0.2) is 77.5 Å². The molecule has 65 heavy (non-hydrogen) atoms. The molecule has 3 N–H and O–H groups in total. The van der Waals surface area contributed by atoms with Crippen molar-refractivity contribution in [3.63, 3.8) is 0 Å². The van der Waals surface area contributed by atoms with Gasteiger partial charge in [0.05, 0.1) is 29.6 Å². The average molecular weight is 917 g/mol. The van der Waals surface area contributed by atoms with E-state index >= 15 is 0 Å². The normalized spacial score (nSPS) is 15.6. The summed E-state index contributed by atoms with van der Waals surface area (Å²) in [6.45, 7) is 3.72. The number of carbonyl (C=O) groups is 10. The first-order chi connectivity index (χ1) is 30.9. The molecule has 1 fully saturated rings. The lowest BCUT2D eigenvalue weighted by atomic mass is 9.85. The fraction of sp³-hybridized carbons (Fsp3) is 0.333. The van der Waals surface area contributed by atoms with Crippen LogP contribution >= 0.6 is 11.6 Å². The Labute approximate surface area is 376 Å². The molecule has 1 saturated heterocycles. The molecule has 0 aromatic heterocycles. The van der Waals surface area contributed by atoms with Crippen LogP contribution in [0.2, 0.25) is 0 Å². The molecule has 3 atom stereocenters. The van der Waals surface area contributed by atoms with Crippen LogP contribution in [0.25, 0.3) is 0 Å². The molecule has 2 aliphatic rings. The van der Waals surface area contributed by atoms with Gasteiger partial charge in [-0.05, 0) is 55.5 Å². The van der Waals surface area contributed by atoms with E-state index in [1.165, 1.54) is 36.4 Å². The summed E-state index contributed by atoms with van der Waals surface area (Å²) in [5, 5.41) is 15.1. The molecule has 0 spiro atoms. The number of para-hydroxylation sites is 2. The number of esters is 4. The first-order valence-corrected chi connectivity index (χ1v) is 20.6. The monoisotopic (exact) mass is 916 g/mol. The van der Waals surface area contributed by atoms with E-state index in [1.54, 1.807) is 30.3 Å². The highest BCUT2D eigenvalue weighted by molar-refractivity contribution is 6.32. The summed E-state index contributed by atoms with van der Waals surface area (Å²) in [5.41, 5.74) is -0.281. The molecule has 3 aromatic rings. The van der Waals surface area contributed by atoms with Gasteiger partial charge in [-0.3, -0.25) is 48.1 Å². The number of unbranched alkanes of at least 4 members (excludes halogenated alkanes) is 1. The highest BCUT2D eigenvalue weighted by Gasteiger charge is 2.53. The van der Waals surface area contributed by atoms with Gasteiger partial charge in [0, 0.05) is 52.2 Å². The molecule has 0 radical (unpaired) electrons. The third kappa shape index (κ3) is 12.2. The molecule has 0 unspecified atom stereocenters. The van der Waals surface area contributed by atoms with Gasteiger partial charge in [0.25, 0.3) is 17.7 Å². The summed E-state index contributed by atoms with van der Waals surface area (Å²) in [4.78, 5) is 131. The van der Waals surface area contributed by atoms with Crippen LogP contribution in [0.4, 0.5) is 0 Å². The summed E-state index contributed by atoms with van der Waals surface area (Å²) in [5.74, 6) is -10.2. The minimum Gasteiger partial charge on any atom is -0.477 e. The van der Waals surface area contributed by atoms with Gasteiger partial charge in [-0.2, -0.15) is 0 Å². The zero-order chi connectivity index (χ0) is 47.5. The molecule has 4 amide bonds. The van der Waals surface area contributed by atoms with Gasteiger partial charge >= 0.3 is 29.8 Å². The first kappa shape index (κ1) is 48.6. The summed E-state index contributed by atoms with van der Waals surface area (Å²) < 4.78 is 20.8. The number of halogens is 1. The Kier molecular flexibility index (Phi) is 16.3. The molecular weight excluding hydrogens is 872 g/mol. The van der Waals surface area contributed by atoms with E-state index in [1.807, 2.05) is 0 Å². The van der Waals surface area contributed by atoms with Gasteiger partial charge < -0.3 is 39.6 Å². The Balaban J connectivity index is 1.36. The zero-order valence-electron chi connectivity index (χ0n) is 35.7. The van der Waals surface area contributed by atoms with Crippen molar-refractivity contribution < 1.29 is 72.0 Å². The molecule has 20 heteroatoms. The number of carboxylic acid groups (broad SMARTS) is 1.